The average molecular weight is 568 g/mol. The summed E-state index contributed by atoms with van der Waals surface area (Å²) in [5.74, 6) is 3.50. The van der Waals surface area contributed by atoms with Crippen molar-refractivity contribution in [2.24, 2.45) is 4.99 Å². The van der Waals surface area contributed by atoms with Crippen molar-refractivity contribution >= 4 is 35.8 Å². The van der Waals surface area contributed by atoms with Gasteiger partial charge in [-0.1, -0.05) is 6.07 Å². The van der Waals surface area contributed by atoms with Gasteiger partial charge in [0.15, 0.2) is 17.5 Å². The number of nitrogens with zero attached hydrogens (tertiary/aromatic N) is 3. The van der Waals surface area contributed by atoms with Gasteiger partial charge in [0.05, 0.1) is 20.3 Å². The molecule has 1 saturated heterocycles. The minimum Gasteiger partial charge on any atom is -0.493 e. The monoisotopic (exact) mass is 567 g/mol. The van der Waals surface area contributed by atoms with Gasteiger partial charge in [-0.15, -0.1) is 24.0 Å². The summed E-state index contributed by atoms with van der Waals surface area (Å²) in [4.78, 5) is 11.7. The molecule has 0 spiro atoms. The number of methoxy groups -OCH3 is 1. The summed E-state index contributed by atoms with van der Waals surface area (Å²) in [5.41, 5.74) is 2.42. The van der Waals surface area contributed by atoms with Gasteiger partial charge < -0.3 is 25.0 Å². The third-order valence-electron chi connectivity index (χ3n) is 5.47. The van der Waals surface area contributed by atoms with Crippen LogP contribution in [-0.4, -0.2) is 50.8 Å². The Balaban J connectivity index is 0.00000385. The molecule has 1 aliphatic rings. The van der Waals surface area contributed by atoms with E-state index in [9.17, 15) is 0 Å². The number of anilines is 1. The maximum atomic E-state index is 5.68. The number of hydrogen-bond donors (Lipinski definition) is 2. The lowest BCUT2D eigenvalue weighted by atomic mass is 10.1. The van der Waals surface area contributed by atoms with E-state index in [-0.39, 0.29) is 24.0 Å². The fourth-order valence-corrected chi connectivity index (χ4v) is 3.83. The molecular weight excluding hydrogens is 529 g/mol. The molecule has 1 aliphatic heterocycles. The number of nitrogens with one attached hydrogen (secondary N) is 2. The van der Waals surface area contributed by atoms with Crippen LogP contribution in [0.5, 0.6) is 11.5 Å². The first kappa shape index (κ1) is 27.0. The number of halogens is 1. The molecule has 0 saturated carbocycles. The van der Waals surface area contributed by atoms with Gasteiger partial charge in [-0.3, -0.25) is 0 Å². The Hall–Kier alpha value is -2.23. The molecule has 182 valence electrons. The number of aromatic nitrogens is 1. The van der Waals surface area contributed by atoms with Gasteiger partial charge in [-0.25, -0.2) is 9.98 Å². The lowest BCUT2D eigenvalue weighted by Gasteiger charge is -2.16. The summed E-state index contributed by atoms with van der Waals surface area (Å²) in [6, 6.07) is 10.4. The number of aryl methyl sites for hydroxylation is 1. The first-order chi connectivity index (χ1) is 15.7. The van der Waals surface area contributed by atoms with Gasteiger partial charge in [0, 0.05) is 32.4 Å². The van der Waals surface area contributed by atoms with Gasteiger partial charge in [-0.2, -0.15) is 0 Å². The second kappa shape index (κ2) is 14.8. The van der Waals surface area contributed by atoms with E-state index in [1.165, 1.54) is 24.0 Å². The Kier molecular flexibility index (Phi) is 12.1. The second-order valence-electron chi connectivity index (χ2n) is 7.86. The number of hydrogen-bond acceptors (Lipinski definition) is 5. The molecule has 0 unspecified atom stereocenters. The van der Waals surface area contributed by atoms with Crippen molar-refractivity contribution in [2.45, 2.75) is 46.1 Å². The number of aliphatic imine (C=N–C) groups is 1. The first-order valence-electron chi connectivity index (χ1n) is 11.7. The summed E-state index contributed by atoms with van der Waals surface area (Å²) in [6.07, 6.45) is 6.35. The highest BCUT2D eigenvalue weighted by Crippen LogP contribution is 2.28. The summed E-state index contributed by atoms with van der Waals surface area (Å²) < 4.78 is 11.1. The molecule has 8 heteroatoms. The van der Waals surface area contributed by atoms with Crippen LogP contribution in [0.15, 0.2) is 41.5 Å². The number of pyridine rings is 1. The van der Waals surface area contributed by atoms with Gasteiger partial charge in [0.2, 0.25) is 0 Å². The number of benzene rings is 1. The molecule has 33 heavy (non-hydrogen) atoms. The Labute approximate surface area is 215 Å². The molecule has 2 aromatic rings. The van der Waals surface area contributed by atoms with Crippen LogP contribution in [0.2, 0.25) is 0 Å². The normalized spacial score (nSPS) is 13.4. The number of guanidine groups is 1. The van der Waals surface area contributed by atoms with E-state index in [4.69, 9.17) is 14.5 Å². The SMILES string of the molecule is CCNC(=NCc1ccnc(N2CCCC2)c1)NCCCc1ccc(OC)c(OCC)c1.I. The Morgan fingerprint density at radius 3 is 2.61 bits per heavy atom. The quantitative estimate of drug-likeness (QED) is 0.182. The van der Waals surface area contributed by atoms with E-state index in [1.807, 2.05) is 25.3 Å². The minimum absolute atomic E-state index is 0. The zero-order chi connectivity index (χ0) is 22.6. The van der Waals surface area contributed by atoms with E-state index in [0.717, 1.165) is 62.3 Å². The number of ether oxygens (including phenoxy) is 2. The van der Waals surface area contributed by atoms with Crippen molar-refractivity contribution in [3.8, 4) is 11.5 Å². The maximum absolute atomic E-state index is 5.68. The van der Waals surface area contributed by atoms with Crippen LogP contribution in [0.1, 0.15) is 44.2 Å². The average Bonchev–Trinajstić information content (AvgIpc) is 3.36. The first-order valence-corrected chi connectivity index (χ1v) is 11.7. The molecule has 0 atom stereocenters. The van der Waals surface area contributed by atoms with E-state index in [1.54, 1.807) is 7.11 Å². The fraction of sp³-hybridized carbons (Fsp3) is 0.520. The van der Waals surface area contributed by atoms with E-state index in [2.05, 4.69) is 45.6 Å². The minimum atomic E-state index is 0. The molecule has 1 aromatic heterocycles. The predicted molar refractivity (Wildman–Crippen MR) is 146 cm³/mol. The Morgan fingerprint density at radius 2 is 1.88 bits per heavy atom. The summed E-state index contributed by atoms with van der Waals surface area (Å²) in [6.45, 7) is 9.21. The highest BCUT2D eigenvalue weighted by molar-refractivity contribution is 14.0. The second-order valence-corrected chi connectivity index (χ2v) is 7.86. The highest BCUT2D eigenvalue weighted by atomic mass is 127. The molecule has 3 rings (SSSR count). The van der Waals surface area contributed by atoms with Crippen LogP contribution < -0.4 is 25.0 Å². The van der Waals surface area contributed by atoms with Crippen LogP contribution in [-0.2, 0) is 13.0 Å². The molecule has 0 amide bonds. The third kappa shape index (κ3) is 8.57. The van der Waals surface area contributed by atoms with Gasteiger partial charge in [0.25, 0.3) is 0 Å². The topological polar surface area (TPSA) is 71.0 Å². The summed E-state index contributed by atoms with van der Waals surface area (Å²) in [7, 11) is 1.67. The lowest BCUT2D eigenvalue weighted by Crippen LogP contribution is -2.37. The molecule has 7 nitrogen and oxygen atoms in total. The molecule has 1 fully saturated rings. The third-order valence-corrected chi connectivity index (χ3v) is 5.47. The van der Waals surface area contributed by atoms with Crippen LogP contribution >= 0.6 is 24.0 Å². The van der Waals surface area contributed by atoms with Crippen molar-refractivity contribution in [3.05, 3.63) is 47.7 Å². The van der Waals surface area contributed by atoms with E-state index >= 15 is 0 Å². The molecule has 1 aromatic carbocycles. The fourth-order valence-electron chi connectivity index (χ4n) is 3.83. The van der Waals surface area contributed by atoms with E-state index < -0.39 is 0 Å². The van der Waals surface area contributed by atoms with Crippen molar-refractivity contribution in [3.63, 3.8) is 0 Å². The molecule has 0 bridgehead atoms. The Bertz CT molecular complexity index is 872. The zero-order valence-corrected chi connectivity index (χ0v) is 22.4. The van der Waals surface area contributed by atoms with Crippen LogP contribution in [0, 0.1) is 0 Å². The Morgan fingerprint density at radius 1 is 1.06 bits per heavy atom. The molecular formula is C25H38IN5O2. The molecule has 2 heterocycles. The summed E-state index contributed by atoms with van der Waals surface area (Å²) in [5, 5.41) is 6.79. The van der Waals surface area contributed by atoms with Crippen molar-refractivity contribution in [1.82, 2.24) is 15.6 Å². The van der Waals surface area contributed by atoms with E-state index in [0.29, 0.717) is 13.2 Å². The standard InChI is InChI=1S/C25H37N5O2.HI/c1-4-26-25(29-19-21-12-14-27-24(18-21)30-15-6-7-16-30)28-13-8-9-20-10-11-22(31-3)23(17-20)32-5-2;/h10-12,14,17-18H,4-9,13,15-16,19H2,1-3H3,(H2,26,28,29);1H. The number of rotatable bonds is 11. The molecule has 2 N–H and O–H groups in total. The smallest absolute Gasteiger partial charge is 0.191 e. The highest BCUT2D eigenvalue weighted by Gasteiger charge is 2.13. The predicted octanol–water partition coefficient (Wildman–Crippen LogP) is 4.40. The molecule has 0 aliphatic carbocycles. The van der Waals surface area contributed by atoms with Gasteiger partial charge in [0.1, 0.15) is 5.82 Å². The van der Waals surface area contributed by atoms with Crippen molar-refractivity contribution in [1.29, 1.82) is 0 Å². The maximum Gasteiger partial charge on any atom is 0.191 e. The van der Waals surface area contributed by atoms with Crippen LogP contribution in [0.25, 0.3) is 0 Å². The van der Waals surface area contributed by atoms with Crippen LogP contribution in [0.3, 0.4) is 0 Å². The largest absolute Gasteiger partial charge is 0.493 e. The van der Waals surface area contributed by atoms with Crippen molar-refractivity contribution in [2.75, 3.05) is 44.8 Å². The van der Waals surface area contributed by atoms with Crippen LogP contribution in [0.4, 0.5) is 5.82 Å². The lowest BCUT2D eigenvalue weighted by molar-refractivity contribution is 0.310. The van der Waals surface area contributed by atoms with Gasteiger partial charge in [-0.05, 0) is 74.9 Å². The van der Waals surface area contributed by atoms with Crippen molar-refractivity contribution < 1.29 is 9.47 Å². The zero-order valence-electron chi connectivity index (χ0n) is 20.1. The molecule has 0 radical (unpaired) electrons. The summed E-state index contributed by atoms with van der Waals surface area (Å²) >= 11 is 0. The van der Waals surface area contributed by atoms with Gasteiger partial charge >= 0.3 is 0 Å².